The Labute approximate surface area is 189 Å². The van der Waals surface area contributed by atoms with Crippen molar-refractivity contribution in [2.24, 2.45) is 17.8 Å². The number of para-hydroxylation sites is 1. The number of hydrogen-bond acceptors (Lipinski definition) is 5. The topological polar surface area (TPSA) is 101 Å². The third kappa shape index (κ3) is 3.86. The van der Waals surface area contributed by atoms with Gasteiger partial charge in [-0.15, -0.1) is 0 Å². The average molecular weight is 456 g/mol. The van der Waals surface area contributed by atoms with Gasteiger partial charge in [-0.2, -0.15) is 5.01 Å². The SMILES string of the molecule is C[C@@H]1CC[C@H]2C(=O)N(N(Cc3ccccc3Cl)C(=O)c3ccccc3[N+](=O)[O-])C(=O)[C@H]2C1. The third-order valence-electron chi connectivity index (χ3n) is 6.25. The van der Waals surface area contributed by atoms with E-state index < -0.39 is 40.2 Å². The van der Waals surface area contributed by atoms with Gasteiger partial charge in [0.05, 0.1) is 23.3 Å². The van der Waals surface area contributed by atoms with Gasteiger partial charge in [0.2, 0.25) is 0 Å². The summed E-state index contributed by atoms with van der Waals surface area (Å²) in [7, 11) is 0. The lowest BCUT2D eigenvalue weighted by atomic mass is 9.76. The van der Waals surface area contributed by atoms with E-state index in [-0.39, 0.29) is 12.1 Å². The van der Waals surface area contributed by atoms with E-state index >= 15 is 0 Å². The molecule has 2 aliphatic rings. The number of carbonyl (C=O) groups is 3. The lowest BCUT2D eigenvalue weighted by molar-refractivity contribution is -0.385. The molecule has 8 nitrogen and oxygen atoms in total. The Balaban J connectivity index is 1.78. The lowest BCUT2D eigenvalue weighted by Crippen LogP contribution is -2.50. The summed E-state index contributed by atoms with van der Waals surface area (Å²) < 4.78 is 0. The van der Waals surface area contributed by atoms with E-state index in [1.807, 2.05) is 6.92 Å². The zero-order chi connectivity index (χ0) is 23.0. The zero-order valence-electron chi connectivity index (χ0n) is 17.4. The van der Waals surface area contributed by atoms with Crippen molar-refractivity contribution in [3.8, 4) is 0 Å². The smallest absolute Gasteiger partial charge is 0.272 e. The molecular weight excluding hydrogens is 434 g/mol. The van der Waals surface area contributed by atoms with Gasteiger partial charge in [-0.05, 0) is 42.9 Å². The molecule has 1 aliphatic carbocycles. The number of amides is 3. The van der Waals surface area contributed by atoms with E-state index in [9.17, 15) is 24.5 Å². The third-order valence-corrected chi connectivity index (χ3v) is 6.62. The van der Waals surface area contributed by atoms with Crippen molar-refractivity contribution in [1.29, 1.82) is 0 Å². The van der Waals surface area contributed by atoms with Crippen molar-refractivity contribution < 1.29 is 19.3 Å². The second kappa shape index (κ2) is 8.70. The molecule has 1 saturated carbocycles. The number of fused-ring (bicyclic) bond motifs is 1. The van der Waals surface area contributed by atoms with Crippen LogP contribution >= 0.6 is 11.6 Å². The maximum atomic E-state index is 13.6. The minimum absolute atomic E-state index is 0.170. The summed E-state index contributed by atoms with van der Waals surface area (Å²) in [5.41, 5.74) is -0.0786. The van der Waals surface area contributed by atoms with Gasteiger partial charge >= 0.3 is 0 Å². The fourth-order valence-corrected chi connectivity index (χ4v) is 4.78. The predicted octanol–water partition coefficient (Wildman–Crippen LogP) is 4.23. The van der Waals surface area contributed by atoms with Crippen LogP contribution in [0.5, 0.6) is 0 Å². The Morgan fingerprint density at radius 1 is 1.09 bits per heavy atom. The van der Waals surface area contributed by atoms with Crippen LogP contribution in [0.15, 0.2) is 48.5 Å². The number of nitro benzene ring substituents is 1. The number of carbonyl (C=O) groups excluding carboxylic acids is 3. The van der Waals surface area contributed by atoms with E-state index in [2.05, 4.69) is 0 Å². The number of nitro groups is 1. The van der Waals surface area contributed by atoms with Crippen LogP contribution in [0.25, 0.3) is 0 Å². The molecule has 2 fully saturated rings. The first-order valence-electron chi connectivity index (χ1n) is 10.5. The molecule has 0 aromatic heterocycles. The molecule has 2 aromatic carbocycles. The molecule has 9 heteroatoms. The Hall–Kier alpha value is -3.26. The Kier molecular flexibility index (Phi) is 5.97. The van der Waals surface area contributed by atoms with Gasteiger partial charge in [-0.25, -0.2) is 5.01 Å². The number of hydrogen-bond donors (Lipinski definition) is 0. The van der Waals surface area contributed by atoms with Crippen molar-refractivity contribution in [2.75, 3.05) is 0 Å². The van der Waals surface area contributed by atoms with Crippen LogP contribution in [0.3, 0.4) is 0 Å². The van der Waals surface area contributed by atoms with Crippen molar-refractivity contribution in [3.05, 3.63) is 74.8 Å². The number of halogens is 1. The summed E-state index contributed by atoms with van der Waals surface area (Å²) in [5.74, 6) is -2.34. The second-order valence-corrected chi connectivity index (χ2v) is 8.76. The normalized spacial score (nSPS) is 22.6. The number of nitrogens with zero attached hydrogens (tertiary/aromatic N) is 3. The molecule has 3 amide bonds. The minimum atomic E-state index is -0.800. The van der Waals surface area contributed by atoms with Gasteiger partial charge in [0.1, 0.15) is 5.56 Å². The number of imide groups is 1. The maximum Gasteiger partial charge on any atom is 0.282 e. The van der Waals surface area contributed by atoms with Gasteiger partial charge in [0.25, 0.3) is 23.4 Å². The molecule has 0 bridgehead atoms. The molecule has 4 rings (SSSR count). The highest BCUT2D eigenvalue weighted by Gasteiger charge is 2.52. The van der Waals surface area contributed by atoms with Gasteiger partial charge in [0.15, 0.2) is 0 Å². The monoisotopic (exact) mass is 455 g/mol. The molecule has 2 aromatic rings. The maximum absolute atomic E-state index is 13.6. The summed E-state index contributed by atoms with van der Waals surface area (Å²) in [6.07, 6.45) is 1.98. The van der Waals surface area contributed by atoms with Crippen molar-refractivity contribution in [3.63, 3.8) is 0 Å². The standard InChI is InChI=1S/C23H22ClN3O5/c1-14-10-11-16-18(12-14)23(30)26(22(16)29)25(13-15-6-2-4-8-19(15)24)21(28)17-7-3-5-9-20(17)27(31)32/h2-9,14,16,18H,10-13H2,1H3/t14-,16-,18+/m1/s1. The fourth-order valence-electron chi connectivity index (χ4n) is 4.58. The van der Waals surface area contributed by atoms with Gasteiger partial charge in [-0.1, -0.05) is 48.9 Å². The summed E-state index contributed by atoms with van der Waals surface area (Å²) >= 11 is 6.29. The highest BCUT2D eigenvalue weighted by atomic mass is 35.5. The highest BCUT2D eigenvalue weighted by Crippen LogP contribution is 2.41. The molecule has 1 saturated heterocycles. The first kappa shape index (κ1) is 22.0. The molecule has 0 spiro atoms. The second-order valence-electron chi connectivity index (χ2n) is 8.35. The van der Waals surface area contributed by atoms with Gasteiger partial charge in [-0.3, -0.25) is 24.5 Å². The predicted molar refractivity (Wildman–Crippen MR) is 116 cm³/mol. The van der Waals surface area contributed by atoms with E-state index in [0.29, 0.717) is 29.3 Å². The van der Waals surface area contributed by atoms with Gasteiger partial charge in [0, 0.05) is 11.1 Å². The Morgan fingerprint density at radius 3 is 2.47 bits per heavy atom. The van der Waals surface area contributed by atoms with E-state index in [4.69, 9.17) is 11.6 Å². The van der Waals surface area contributed by atoms with Crippen LogP contribution in [0.1, 0.15) is 42.1 Å². The summed E-state index contributed by atoms with van der Waals surface area (Å²) in [6.45, 7) is 1.87. The zero-order valence-corrected chi connectivity index (χ0v) is 18.2. The van der Waals surface area contributed by atoms with Crippen LogP contribution in [0, 0.1) is 27.9 Å². The number of rotatable bonds is 5. The Morgan fingerprint density at radius 2 is 1.75 bits per heavy atom. The molecule has 0 unspecified atom stereocenters. The molecule has 3 atom stereocenters. The molecule has 32 heavy (non-hydrogen) atoms. The molecule has 0 radical (unpaired) electrons. The number of benzene rings is 2. The largest absolute Gasteiger partial charge is 0.282 e. The summed E-state index contributed by atoms with van der Waals surface area (Å²) in [5, 5.41) is 13.8. The lowest BCUT2D eigenvalue weighted by Gasteiger charge is -2.30. The fraction of sp³-hybridized carbons (Fsp3) is 0.348. The van der Waals surface area contributed by atoms with Crippen molar-refractivity contribution >= 4 is 35.0 Å². The minimum Gasteiger partial charge on any atom is -0.272 e. The molecular formula is C23H22ClN3O5. The quantitative estimate of drug-likeness (QED) is 0.381. The average Bonchev–Trinajstić information content (AvgIpc) is 3.02. The summed E-state index contributed by atoms with van der Waals surface area (Å²) in [6, 6.07) is 12.3. The van der Waals surface area contributed by atoms with Crippen LogP contribution in [-0.2, 0) is 16.1 Å². The van der Waals surface area contributed by atoms with Crippen LogP contribution in [-0.4, -0.2) is 32.7 Å². The molecule has 1 aliphatic heterocycles. The van der Waals surface area contributed by atoms with E-state index in [1.165, 1.54) is 24.3 Å². The first-order chi connectivity index (χ1) is 15.3. The summed E-state index contributed by atoms with van der Waals surface area (Å²) in [4.78, 5) is 51.0. The molecule has 166 valence electrons. The molecule has 1 heterocycles. The number of hydrazine groups is 1. The highest BCUT2D eigenvalue weighted by molar-refractivity contribution is 6.31. The van der Waals surface area contributed by atoms with Gasteiger partial charge < -0.3 is 0 Å². The Bertz CT molecular complexity index is 1100. The van der Waals surface area contributed by atoms with Crippen molar-refractivity contribution in [2.45, 2.75) is 32.7 Å². The molecule has 0 N–H and O–H groups in total. The van der Waals surface area contributed by atoms with E-state index in [0.717, 1.165) is 16.4 Å². The van der Waals surface area contributed by atoms with E-state index in [1.54, 1.807) is 24.3 Å². The van der Waals surface area contributed by atoms with Crippen molar-refractivity contribution in [1.82, 2.24) is 10.0 Å². The van der Waals surface area contributed by atoms with Crippen LogP contribution in [0.2, 0.25) is 5.02 Å². The van der Waals surface area contributed by atoms with Crippen LogP contribution in [0.4, 0.5) is 5.69 Å². The first-order valence-corrected chi connectivity index (χ1v) is 10.8. The van der Waals surface area contributed by atoms with Crippen LogP contribution < -0.4 is 0 Å².